The van der Waals surface area contributed by atoms with Crippen molar-refractivity contribution in [1.82, 2.24) is 0 Å². The Hall–Kier alpha value is -2.36. The molecule has 0 atom stereocenters. The fourth-order valence-electron chi connectivity index (χ4n) is 1.80. The zero-order valence-corrected chi connectivity index (χ0v) is 13.6. The number of benzene rings is 2. The molecule has 1 amide bonds. The van der Waals surface area contributed by atoms with E-state index in [-0.39, 0.29) is 11.7 Å². The molecule has 0 aromatic heterocycles. The van der Waals surface area contributed by atoms with Crippen LogP contribution in [0.2, 0.25) is 10.0 Å². The third-order valence-electron chi connectivity index (χ3n) is 2.99. The standard InChI is InChI=1S/C18H13Cl2NO2/c1-2-18(23)21-14-7-5-13(6-8-14)17(22)10-4-12-3-9-15(19)16(20)11-12/h2-11H,1H2,(H,21,23). The number of allylic oxidation sites excluding steroid dienone is 1. The maximum absolute atomic E-state index is 12.1. The van der Waals surface area contributed by atoms with Crippen molar-refractivity contribution in [3.8, 4) is 0 Å². The van der Waals surface area contributed by atoms with Crippen LogP contribution in [-0.2, 0) is 4.79 Å². The molecule has 0 aliphatic carbocycles. The summed E-state index contributed by atoms with van der Waals surface area (Å²) in [6.45, 7) is 3.37. The zero-order chi connectivity index (χ0) is 16.8. The number of halogens is 2. The van der Waals surface area contributed by atoms with Crippen molar-refractivity contribution < 1.29 is 9.59 Å². The van der Waals surface area contributed by atoms with Gasteiger partial charge in [0.25, 0.3) is 0 Å². The van der Waals surface area contributed by atoms with Gasteiger partial charge < -0.3 is 5.32 Å². The van der Waals surface area contributed by atoms with Crippen molar-refractivity contribution in [3.63, 3.8) is 0 Å². The Kier molecular flexibility index (Phi) is 5.74. The smallest absolute Gasteiger partial charge is 0.247 e. The molecule has 23 heavy (non-hydrogen) atoms. The Labute approximate surface area is 144 Å². The first-order valence-electron chi connectivity index (χ1n) is 6.70. The second-order valence-corrected chi connectivity index (χ2v) is 5.46. The SMILES string of the molecule is C=CC(=O)Nc1ccc(C(=O)C=Cc2ccc(Cl)c(Cl)c2)cc1. The van der Waals surface area contributed by atoms with Crippen LogP contribution in [0.3, 0.4) is 0 Å². The van der Waals surface area contributed by atoms with E-state index in [1.807, 2.05) is 0 Å². The van der Waals surface area contributed by atoms with E-state index in [4.69, 9.17) is 23.2 Å². The highest BCUT2D eigenvalue weighted by Gasteiger charge is 2.03. The topological polar surface area (TPSA) is 46.2 Å². The number of hydrogen-bond donors (Lipinski definition) is 1. The van der Waals surface area contributed by atoms with Crippen molar-refractivity contribution in [2.45, 2.75) is 0 Å². The summed E-state index contributed by atoms with van der Waals surface area (Å²) >= 11 is 11.8. The maximum atomic E-state index is 12.1. The average molecular weight is 346 g/mol. The number of amides is 1. The lowest BCUT2D eigenvalue weighted by molar-refractivity contribution is -0.111. The Balaban J connectivity index is 2.08. The van der Waals surface area contributed by atoms with Gasteiger partial charge in [0.15, 0.2) is 5.78 Å². The molecule has 0 aliphatic heterocycles. The monoisotopic (exact) mass is 345 g/mol. The van der Waals surface area contributed by atoms with Crippen LogP contribution < -0.4 is 5.32 Å². The van der Waals surface area contributed by atoms with Crippen molar-refractivity contribution in [2.75, 3.05) is 5.32 Å². The number of carbonyl (C=O) groups excluding carboxylic acids is 2. The Bertz CT molecular complexity index is 780. The Morgan fingerprint density at radius 2 is 1.70 bits per heavy atom. The number of hydrogen-bond acceptors (Lipinski definition) is 2. The second kappa shape index (κ2) is 7.77. The summed E-state index contributed by atoms with van der Waals surface area (Å²) < 4.78 is 0. The molecule has 0 saturated heterocycles. The Morgan fingerprint density at radius 1 is 1.00 bits per heavy atom. The fraction of sp³-hybridized carbons (Fsp3) is 0. The summed E-state index contributed by atoms with van der Waals surface area (Å²) in [7, 11) is 0. The molecule has 0 saturated carbocycles. The lowest BCUT2D eigenvalue weighted by Crippen LogP contribution is -2.07. The summed E-state index contributed by atoms with van der Waals surface area (Å²) in [6.07, 6.45) is 4.30. The van der Waals surface area contributed by atoms with Crippen molar-refractivity contribution in [2.24, 2.45) is 0 Å². The molecule has 0 unspecified atom stereocenters. The minimum Gasteiger partial charge on any atom is -0.323 e. The summed E-state index contributed by atoms with van der Waals surface area (Å²) in [5.74, 6) is -0.457. The largest absolute Gasteiger partial charge is 0.323 e. The minimum absolute atomic E-state index is 0.155. The number of carbonyl (C=O) groups is 2. The highest BCUT2D eigenvalue weighted by molar-refractivity contribution is 6.42. The van der Waals surface area contributed by atoms with E-state index < -0.39 is 0 Å². The number of nitrogens with one attached hydrogen (secondary N) is 1. The zero-order valence-electron chi connectivity index (χ0n) is 12.1. The molecule has 0 heterocycles. The van der Waals surface area contributed by atoms with E-state index in [1.54, 1.807) is 48.5 Å². The molecule has 5 heteroatoms. The Morgan fingerprint density at radius 3 is 2.30 bits per heavy atom. The van der Waals surface area contributed by atoms with E-state index in [0.29, 0.717) is 21.3 Å². The van der Waals surface area contributed by atoms with Crippen LogP contribution in [0.25, 0.3) is 6.08 Å². The molecule has 116 valence electrons. The summed E-state index contributed by atoms with van der Waals surface area (Å²) in [6, 6.07) is 11.7. The van der Waals surface area contributed by atoms with Gasteiger partial charge in [-0.15, -0.1) is 0 Å². The van der Waals surface area contributed by atoms with E-state index in [2.05, 4.69) is 11.9 Å². The molecule has 2 aromatic rings. The van der Waals surface area contributed by atoms with Crippen LogP contribution in [0.4, 0.5) is 5.69 Å². The summed E-state index contributed by atoms with van der Waals surface area (Å²) in [5.41, 5.74) is 1.89. The first kappa shape index (κ1) is 17.0. The minimum atomic E-state index is -0.302. The molecule has 0 radical (unpaired) electrons. The number of rotatable bonds is 5. The predicted molar refractivity (Wildman–Crippen MR) is 95.1 cm³/mol. The third-order valence-corrected chi connectivity index (χ3v) is 3.73. The quantitative estimate of drug-likeness (QED) is 0.611. The van der Waals surface area contributed by atoms with Gasteiger partial charge >= 0.3 is 0 Å². The van der Waals surface area contributed by atoms with Gasteiger partial charge in [-0.3, -0.25) is 9.59 Å². The molecule has 0 fully saturated rings. The highest BCUT2D eigenvalue weighted by Crippen LogP contribution is 2.23. The van der Waals surface area contributed by atoms with Gasteiger partial charge in [0, 0.05) is 11.3 Å². The van der Waals surface area contributed by atoms with Crippen molar-refractivity contribution in [1.29, 1.82) is 0 Å². The van der Waals surface area contributed by atoms with Gasteiger partial charge in [-0.1, -0.05) is 41.9 Å². The fourth-order valence-corrected chi connectivity index (χ4v) is 2.10. The van der Waals surface area contributed by atoms with E-state index in [9.17, 15) is 9.59 Å². The summed E-state index contributed by atoms with van der Waals surface area (Å²) in [4.78, 5) is 23.3. The molecule has 0 spiro atoms. The molecule has 2 rings (SSSR count). The van der Waals surface area contributed by atoms with Gasteiger partial charge in [-0.25, -0.2) is 0 Å². The van der Waals surface area contributed by atoms with Crippen LogP contribution >= 0.6 is 23.2 Å². The lowest BCUT2D eigenvalue weighted by atomic mass is 10.1. The van der Waals surface area contributed by atoms with E-state index >= 15 is 0 Å². The third kappa shape index (κ3) is 4.81. The molecular weight excluding hydrogens is 333 g/mol. The predicted octanol–water partition coefficient (Wildman–Crippen LogP) is 5.01. The van der Waals surface area contributed by atoms with Crippen LogP contribution in [0.5, 0.6) is 0 Å². The number of ketones is 1. The van der Waals surface area contributed by atoms with Crippen molar-refractivity contribution >= 4 is 46.7 Å². The van der Waals surface area contributed by atoms with Crippen LogP contribution in [0, 0.1) is 0 Å². The second-order valence-electron chi connectivity index (χ2n) is 4.64. The van der Waals surface area contributed by atoms with Gasteiger partial charge in [-0.2, -0.15) is 0 Å². The van der Waals surface area contributed by atoms with Crippen LogP contribution in [0.15, 0.2) is 61.2 Å². The molecule has 3 nitrogen and oxygen atoms in total. The van der Waals surface area contributed by atoms with E-state index in [0.717, 1.165) is 5.56 Å². The molecule has 2 aromatic carbocycles. The van der Waals surface area contributed by atoms with Gasteiger partial charge in [0.1, 0.15) is 0 Å². The average Bonchev–Trinajstić information content (AvgIpc) is 2.56. The maximum Gasteiger partial charge on any atom is 0.247 e. The van der Waals surface area contributed by atoms with Crippen LogP contribution in [-0.4, -0.2) is 11.7 Å². The molecule has 1 N–H and O–H groups in total. The molecule has 0 aliphatic rings. The van der Waals surface area contributed by atoms with Gasteiger partial charge in [0.2, 0.25) is 5.91 Å². The first-order chi connectivity index (χ1) is 11.0. The van der Waals surface area contributed by atoms with Gasteiger partial charge in [-0.05, 0) is 54.1 Å². The highest BCUT2D eigenvalue weighted by atomic mass is 35.5. The van der Waals surface area contributed by atoms with Crippen LogP contribution in [0.1, 0.15) is 15.9 Å². The first-order valence-corrected chi connectivity index (χ1v) is 7.46. The number of anilines is 1. The van der Waals surface area contributed by atoms with Gasteiger partial charge in [0.05, 0.1) is 10.0 Å². The summed E-state index contributed by atoms with van der Waals surface area (Å²) in [5, 5.41) is 3.51. The molecule has 0 bridgehead atoms. The van der Waals surface area contributed by atoms with E-state index in [1.165, 1.54) is 12.2 Å². The lowest BCUT2D eigenvalue weighted by Gasteiger charge is -2.02. The normalized spacial score (nSPS) is 10.5. The molecular formula is C18H13Cl2NO2. The van der Waals surface area contributed by atoms with Crippen molar-refractivity contribution in [3.05, 3.63) is 82.4 Å².